The Kier molecular flexibility index (Phi) is 6.57. The van der Waals surface area contributed by atoms with E-state index in [0.717, 1.165) is 25.7 Å². The molecule has 0 radical (unpaired) electrons. The molecule has 170 valence electrons. The fraction of sp³-hybridized carbons (Fsp3) is 0.714. The Hall–Kier alpha value is -1.55. The zero-order valence-electron chi connectivity index (χ0n) is 17.5. The molecule has 8 nitrogen and oxygen atoms in total. The molecule has 0 aromatic rings. The van der Waals surface area contributed by atoms with Crippen LogP contribution in [0.2, 0.25) is 0 Å². The van der Waals surface area contributed by atoms with Crippen molar-refractivity contribution in [2.75, 3.05) is 13.2 Å². The Morgan fingerprint density at radius 2 is 2.10 bits per heavy atom. The second-order valence-corrected chi connectivity index (χ2v) is 10.1. The highest BCUT2D eigenvalue weighted by molar-refractivity contribution is 7.75. The van der Waals surface area contributed by atoms with E-state index in [0.29, 0.717) is 30.9 Å². The van der Waals surface area contributed by atoms with E-state index in [9.17, 15) is 13.8 Å². The lowest BCUT2D eigenvalue weighted by molar-refractivity contribution is -0.154. The molecule has 0 spiro atoms. The summed E-state index contributed by atoms with van der Waals surface area (Å²) in [6, 6.07) is -0.385. The van der Waals surface area contributed by atoms with Crippen LogP contribution in [0.15, 0.2) is 23.8 Å². The average Bonchev–Trinajstić information content (AvgIpc) is 3.02. The summed E-state index contributed by atoms with van der Waals surface area (Å²) in [5.74, 6) is 0.198. The van der Waals surface area contributed by atoms with Crippen molar-refractivity contribution in [3.8, 4) is 0 Å². The second-order valence-electron chi connectivity index (χ2n) is 9.23. The molecule has 2 heterocycles. The topological polar surface area (TPSA) is 122 Å². The molecule has 2 unspecified atom stereocenters. The summed E-state index contributed by atoms with van der Waals surface area (Å²) in [7, 11) is 0. The summed E-state index contributed by atoms with van der Waals surface area (Å²) >= 11 is -1.66. The van der Waals surface area contributed by atoms with Gasteiger partial charge in [-0.2, -0.15) is 4.21 Å². The third-order valence-electron chi connectivity index (χ3n) is 7.81. The van der Waals surface area contributed by atoms with Crippen LogP contribution in [0, 0.1) is 22.7 Å². The van der Waals surface area contributed by atoms with Gasteiger partial charge in [-0.05, 0) is 49.4 Å². The lowest BCUT2D eigenvalue weighted by Gasteiger charge is -2.61. The number of amides is 1. The minimum absolute atomic E-state index is 0. The molecule has 9 heteroatoms. The van der Waals surface area contributed by atoms with Crippen LogP contribution in [0.25, 0.3) is 0 Å². The molecule has 4 rings (SSSR count). The van der Waals surface area contributed by atoms with Gasteiger partial charge in [0, 0.05) is 6.84 Å². The lowest BCUT2D eigenvalue weighted by atomic mass is 9.46. The quantitative estimate of drug-likeness (QED) is 0.306. The molecule has 4 aliphatic rings. The number of hydrogen-bond donors (Lipinski definition) is 1. The molecular formula is C21H33NO7S. The first-order valence-electron chi connectivity index (χ1n) is 10.3. The van der Waals surface area contributed by atoms with E-state index in [1.54, 1.807) is 0 Å². The van der Waals surface area contributed by atoms with Crippen molar-refractivity contribution in [3.63, 3.8) is 0 Å². The molecule has 2 saturated carbocycles. The van der Waals surface area contributed by atoms with E-state index < -0.39 is 11.4 Å². The molecule has 2 saturated heterocycles. The van der Waals surface area contributed by atoms with E-state index >= 15 is 0 Å². The van der Waals surface area contributed by atoms with Crippen molar-refractivity contribution in [3.05, 3.63) is 23.8 Å². The first-order valence-corrected chi connectivity index (χ1v) is 11.3. The number of carbonyl (C=O) groups excluding carboxylic acids is 2. The SMILES string of the molecule is C=C1CC[C@@H]2[C@]3(C)COS(=O)O[C@@H]3CC[C@@]2(C)[C@@H]1C/C=C1/C(=O)OCC1NC=O.O.[HH]. The Labute approximate surface area is 181 Å². The number of ether oxygens (including phenoxy) is 1. The van der Waals surface area contributed by atoms with Crippen LogP contribution in [0.5, 0.6) is 0 Å². The van der Waals surface area contributed by atoms with Gasteiger partial charge in [-0.25, -0.2) is 4.79 Å². The van der Waals surface area contributed by atoms with Crippen LogP contribution in [-0.4, -0.2) is 47.4 Å². The Morgan fingerprint density at radius 1 is 1.33 bits per heavy atom. The van der Waals surface area contributed by atoms with Gasteiger partial charge >= 0.3 is 17.3 Å². The maximum Gasteiger partial charge on any atom is 0.336 e. The molecule has 3 N–H and O–H groups in total. The van der Waals surface area contributed by atoms with Gasteiger partial charge in [0.15, 0.2) is 0 Å². The third-order valence-corrected chi connectivity index (χ3v) is 8.51. The van der Waals surface area contributed by atoms with Crippen LogP contribution in [0.1, 0.15) is 47.4 Å². The summed E-state index contributed by atoms with van der Waals surface area (Å²) in [5.41, 5.74) is 1.52. The molecule has 1 amide bonds. The zero-order chi connectivity index (χ0) is 20.8. The number of rotatable bonds is 4. The highest BCUT2D eigenvalue weighted by Gasteiger charge is 2.60. The van der Waals surface area contributed by atoms with Gasteiger partial charge < -0.3 is 15.5 Å². The van der Waals surface area contributed by atoms with E-state index in [-0.39, 0.29) is 48.4 Å². The second kappa shape index (κ2) is 8.53. The van der Waals surface area contributed by atoms with Crippen LogP contribution >= 0.6 is 0 Å². The average molecular weight is 444 g/mol. The Bertz CT molecular complexity index is 790. The predicted octanol–water partition coefficient (Wildman–Crippen LogP) is 1.78. The first-order chi connectivity index (χ1) is 13.8. The molecule has 0 aromatic carbocycles. The summed E-state index contributed by atoms with van der Waals surface area (Å²) in [6.07, 6.45) is 6.85. The van der Waals surface area contributed by atoms with Crippen LogP contribution in [0.3, 0.4) is 0 Å². The predicted molar refractivity (Wildman–Crippen MR) is 112 cm³/mol. The maximum atomic E-state index is 12.1. The van der Waals surface area contributed by atoms with Gasteiger partial charge in [-0.3, -0.25) is 13.2 Å². The van der Waals surface area contributed by atoms with Gasteiger partial charge in [0.1, 0.15) is 6.61 Å². The molecule has 4 fully saturated rings. The van der Waals surface area contributed by atoms with Gasteiger partial charge in [0.2, 0.25) is 6.41 Å². The van der Waals surface area contributed by atoms with E-state index in [2.05, 4.69) is 25.7 Å². The number of hydrogen-bond acceptors (Lipinski definition) is 6. The van der Waals surface area contributed by atoms with Crippen molar-refractivity contribution in [2.24, 2.45) is 22.7 Å². The fourth-order valence-electron chi connectivity index (χ4n) is 6.22. The van der Waals surface area contributed by atoms with Gasteiger partial charge in [0.25, 0.3) is 0 Å². The number of esters is 1. The van der Waals surface area contributed by atoms with Gasteiger partial charge in [-0.1, -0.05) is 32.1 Å². The maximum absolute atomic E-state index is 12.1. The summed E-state index contributed by atoms with van der Waals surface area (Å²) in [4.78, 5) is 23.0. The van der Waals surface area contributed by atoms with E-state index in [1.165, 1.54) is 5.57 Å². The summed E-state index contributed by atoms with van der Waals surface area (Å²) < 4.78 is 27.9. The molecule has 0 aromatic heterocycles. The summed E-state index contributed by atoms with van der Waals surface area (Å²) in [5, 5.41) is 2.66. The van der Waals surface area contributed by atoms with Gasteiger partial charge in [-0.15, -0.1) is 0 Å². The van der Waals surface area contributed by atoms with Crippen molar-refractivity contribution >= 4 is 23.7 Å². The minimum atomic E-state index is -1.66. The molecule has 7 atom stereocenters. The van der Waals surface area contributed by atoms with E-state index in [1.807, 2.05) is 6.08 Å². The number of nitrogens with one attached hydrogen (secondary N) is 1. The number of carbonyl (C=O) groups is 2. The monoisotopic (exact) mass is 443 g/mol. The highest BCUT2D eigenvalue weighted by Crippen LogP contribution is 2.63. The van der Waals surface area contributed by atoms with E-state index in [4.69, 9.17) is 13.1 Å². The smallest absolute Gasteiger partial charge is 0.336 e. The van der Waals surface area contributed by atoms with Crippen molar-refractivity contribution in [1.29, 1.82) is 0 Å². The lowest BCUT2D eigenvalue weighted by Crippen LogP contribution is -2.60. The molecule has 0 bridgehead atoms. The number of allylic oxidation sites excluding steroid dienone is 2. The largest absolute Gasteiger partial charge is 0.460 e. The van der Waals surface area contributed by atoms with Crippen LogP contribution in [-0.2, 0) is 34.1 Å². The van der Waals surface area contributed by atoms with Crippen LogP contribution < -0.4 is 5.32 Å². The first kappa shape index (κ1) is 23.1. The van der Waals surface area contributed by atoms with Crippen molar-refractivity contribution in [2.45, 2.75) is 58.1 Å². The Morgan fingerprint density at radius 3 is 2.83 bits per heavy atom. The Balaban J connectivity index is 0.00000171. The highest BCUT2D eigenvalue weighted by atomic mass is 32.2. The summed E-state index contributed by atoms with van der Waals surface area (Å²) in [6.45, 7) is 9.48. The number of cyclic esters (lactones) is 1. The fourth-order valence-corrected chi connectivity index (χ4v) is 7.13. The molecular weight excluding hydrogens is 410 g/mol. The molecule has 2 aliphatic carbocycles. The molecule has 30 heavy (non-hydrogen) atoms. The number of fused-ring (bicyclic) bond motifs is 3. The van der Waals surface area contributed by atoms with Crippen molar-refractivity contribution in [1.82, 2.24) is 5.32 Å². The minimum Gasteiger partial charge on any atom is -0.460 e. The zero-order valence-corrected chi connectivity index (χ0v) is 18.3. The third kappa shape index (κ3) is 3.66. The molecule has 2 aliphatic heterocycles. The van der Waals surface area contributed by atoms with Crippen LogP contribution in [0.4, 0.5) is 0 Å². The standard InChI is InChI=1S/C21H29NO6S.H2O.H2/c1-13-4-7-17-20(2,9-8-18-21(17,3)11-27-29(25)28-18)15(13)6-5-14-16(22-12-23)10-26-19(14)24;;/h5,12,15-18H,1,4,6-11H2,2-3H3,(H,22,23);1H2;1H/b14-5+;;/t15-,16?,17+,18-,20+,21+,29?;;/m1../s1. The van der Waals surface area contributed by atoms with Gasteiger partial charge in [0.05, 0.1) is 24.3 Å². The van der Waals surface area contributed by atoms with Crippen molar-refractivity contribution < 1.29 is 33.8 Å². The normalized spacial score (nSPS) is 44.5.